The van der Waals surface area contributed by atoms with Crippen molar-refractivity contribution in [2.75, 3.05) is 25.9 Å². The van der Waals surface area contributed by atoms with E-state index in [0.717, 1.165) is 24.7 Å². The SMILES string of the molecule is CS(=O)(=O)NCC1CCCN(C(=O)c2ccc(OCc3ccncc3)cc2)C1. The van der Waals surface area contributed by atoms with Crippen molar-refractivity contribution in [2.45, 2.75) is 19.4 Å². The number of hydrogen-bond acceptors (Lipinski definition) is 5. The molecule has 2 aromatic rings. The Labute approximate surface area is 165 Å². The average molecular weight is 404 g/mol. The minimum Gasteiger partial charge on any atom is -0.489 e. The van der Waals surface area contributed by atoms with Gasteiger partial charge in [0, 0.05) is 37.6 Å². The lowest BCUT2D eigenvalue weighted by molar-refractivity contribution is 0.0676. The summed E-state index contributed by atoms with van der Waals surface area (Å²) < 4.78 is 30.8. The van der Waals surface area contributed by atoms with E-state index in [1.54, 1.807) is 41.6 Å². The summed E-state index contributed by atoms with van der Waals surface area (Å²) in [6.07, 6.45) is 6.37. The quantitative estimate of drug-likeness (QED) is 0.764. The fourth-order valence-electron chi connectivity index (χ4n) is 3.21. The molecule has 2 heterocycles. The van der Waals surface area contributed by atoms with Gasteiger partial charge in [0.15, 0.2) is 0 Å². The van der Waals surface area contributed by atoms with E-state index >= 15 is 0 Å². The van der Waals surface area contributed by atoms with Crippen molar-refractivity contribution in [3.05, 3.63) is 59.9 Å². The number of carbonyl (C=O) groups excluding carboxylic acids is 1. The molecule has 1 unspecified atom stereocenters. The molecule has 3 rings (SSSR count). The minimum atomic E-state index is -3.21. The lowest BCUT2D eigenvalue weighted by Gasteiger charge is -2.32. The molecule has 8 heteroatoms. The van der Waals surface area contributed by atoms with Gasteiger partial charge in [-0.3, -0.25) is 9.78 Å². The van der Waals surface area contributed by atoms with Crippen molar-refractivity contribution < 1.29 is 17.9 Å². The molecule has 7 nitrogen and oxygen atoms in total. The number of ether oxygens (including phenoxy) is 1. The van der Waals surface area contributed by atoms with Crippen LogP contribution in [0.25, 0.3) is 0 Å². The summed E-state index contributed by atoms with van der Waals surface area (Å²) in [6, 6.07) is 10.9. The number of aromatic nitrogens is 1. The second-order valence-electron chi connectivity index (χ2n) is 7.05. The third-order valence-corrected chi connectivity index (χ3v) is 5.39. The van der Waals surface area contributed by atoms with Crippen molar-refractivity contribution in [3.8, 4) is 5.75 Å². The van der Waals surface area contributed by atoms with Gasteiger partial charge in [-0.1, -0.05) is 0 Å². The maximum Gasteiger partial charge on any atom is 0.253 e. The largest absolute Gasteiger partial charge is 0.489 e. The molecule has 1 N–H and O–H groups in total. The first-order valence-electron chi connectivity index (χ1n) is 9.26. The van der Waals surface area contributed by atoms with Crippen molar-refractivity contribution in [2.24, 2.45) is 5.92 Å². The van der Waals surface area contributed by atoms with Crippen LogP contribution in [0.4, 0.5) is 0 Å². The van der Waals surface area contributed by atoms with Crippen LogP contribution < -0.4 is 9.46 Å². The van der Waals surface area contributed by atoms with Crippen LogP contribution >= 0.6 is 0 Å². The molecule has 1 aromatic carbocycles. The number of sulfonamides is 1. The lowest BCUT2D eigenvalue weighted by Crippen LogP contribution is -2.43. The van der Waals surface area contributed by atoms with Gasteiger partial charge >= 0.3 is 0 Å². The Kier molecular flexibility index (Phi) is 6.64. The summed E-state index contributed by atoms with van der Waals surface area (Å²) in [7, 11) is -3.21. The average Bonchev–Trinajstić information content (AvgIpc) is 2.71. The van der Waals surface area contributed by atoms with Gasteiger partial charge in [0.1, 0.15) is 12.4 Å². The van der Waals surface area contributed by atoms with Gasteiger partial charge in [0.2, 0.25) is 10.0 Å². The second kappa shape index (κ2) is 9.16. The zero-order valence-corrected chi connectivity index (χ0v) is 16.7. The molecule has 1 atom stereocenters. The molecule has 150 valence electrons. The first kappa shape index (κ1) is 20.3. The van der Waals surface area contributed by atoms with Gasteiger partial charge in [-0.25, -0.2) is 13.1 Å². The predicted octanol–water partition coefficient (Wildman–Crippen LogP) is 2.06. The molecular formula is C20H25N3O4S. The summed E-state index contributed by atoms with van der Waals surface area (Å²) in [6.45, 7) is 2.05. The monoisotopic (exact) mass is 403 g/mol. The number of carbonyl (C=O) groups is 1. The van der Waals surface area contributed by atoms with Crippen molar-refractivity contribution in [3.63, 3.8) is 0 Å². The molecular weight excluding hydrogens is 378 g/mol. The Morgan fingerprint density at radius 3 is 2.61 bits per heavy atom. The van der Waals surface area contributed by atoms with E-state index in [2.05, 4.69) is 9.71 Å². The van der Waals surface area contributed by atoms with Gasteiger partial charge in [0.25, 0.3) is 5.91 Å². The minimum absolute atomic E-state index is 0.0373. The molecule has 0 bridgehead atoms. The number of nitrogens with one attached hydrogen (secondary N) is 1. The van der Waals surface area contributed by atoms with E-state index in [9.17, 15) is 13.2 Å². The molecule has 0 saturated carbocycles. The number of nitrogens with zero attached hydrogens (tertiary/aromatic N) is 2. The Morgan fingerprint density at radius 2 is 1.93 bits per heavy atom. The highest BCUT2D eigenvalue weighted by Crippen LogP contribution is 2.20. The van der Waals surface area contributed by atoms with E-state index in [1.165, 1.54) is 0 Å². The summed E-state index contributed by atoms with van der Waals surface area (Å²) in [4.78, 5) is 18.5. The molecule has 0 spiro atoms. The molecule has 0 aliphatic carbocycles. The third kappa shape index (κ3) is 6.03. The highest BCUT2D eigenvalue weighted by molar-refractivity contribution is 7.88. The summed E-state index contributed by atoms with van der Waals surface area (Å²) in [5.41, 5.74) is 1.63. The topological polar surface area (TPSA) is 88.6 Å². The van der Waals surface area contributed by atoms with E-state index in [-0.39, 0.29) is 11.8 Å². The second-order valence-corrected chi connectivity index (χ2v) is 8.88. The summed E-state index contributed by atoms with van der Waals surface area (Å²) in [5, 5.41) is 0. The van der Waals surface area contributed by atoms with Crippen LogP contribution in [0.3, 0.4) is 0 Å². The normalized spacial score (nSPS) is 17.3. The fraction of sp³-hybridized carbons (Fsp3) is 0.400. The lowest BCUT2D eigenvalue weighted by atomic mass is 9.97. The van der Waals surface area contributed by atoms with E-state index < -0.39 is 10.0 Å². The van der Waals surface area contributed by atoms with Gasteiger partial charge in [-0.15, -0.1) is 0 Å². The number of amides is 1. The molecule has 1 amide bonds. The number of piperidine rings is 1. The van der Waals surface area contributed by atoms with Gasteiger partial charge in [-0.2, -0.15) is 0 Å². The maximum absolute atomic E-state index is 12.8. The molecule has 0 radical (unpaired) electrons. The fourth-order valence-corrected chi connectivity index (χ4v) is 3.75. The van der Waals surface area contributed by atoms with Gasteiger partial charge in [0.05, 0.1) is 6.26 Å². The maximum atomic E-state index is 12.8. The predicted molar refractivity (Wildman–Crippen MR) is 106 cm³/mol. The van der Waals surface area contributed by atoms with Crippen LogP contribution in [-0.2, 0) is 16.6 Å². The Morgan fingerprint density at radius 1 is 1.21 bits per heavy atom. The first-order valence-corrected chi connectivity index (χ1v) is 11.2. The van der Waals surface area contributed by atoms with Crippen LogP contribution in [0, 0.1) is 5.92 Å². The van der Waals surface area contributed by atoms with Crippen LogP contribution in [0.2, 0.25) is 0 Å². The third-order valence-electron chi connectivity index (χ3n) is 4.70. The molecule has 28 heavy (non-hydrogen) atoms. The highest BCUT2D eigenvalue weighted by atomic mass is 32.2. The summed E-state index contributed by atoms with van der Waals surface area (Å²) >= 11 is 0. The van der Waals surface area contributed by atoms with Gasteiger partial charge < -0.3 is 9.64 Å². The smallest absolute Gasteiger partial charge is 0.253 e. The number of likely N-dealkylation sites (tertiary alicyclic amines) is 1. The first-order chi connectivity index (χ1) is 13.4. The molecule has 1 aliphatic heterocycles. The number of pyridine rings is 1. The van der Waals surface area contributed by atoms with E-state index in [1.807, 2.05) is 12.1 Å². The van der Waals surface area contributed by atoms with Crippen molar-refractivity contribution in [1.29, 1.82) is 0 Å². The van der Waals surface area contributed by atoms with Crippen LogP contribution in [-0.4, -0.2) is 50.1 Å². The molecule has 1 saturated heterocycles. The summed E-state index contributed by atoms with van der Waals surface area (Å²) in [5.74, 6) is 0.794. The zero-order chi connectivity index (χ0) is 20.0. The van der Waals surface area contributed by atoms with Crippen LogP contribution in [0.1, 0.15) is 28.8 Å². The Balaban J connectivity index is 1.54. The Bertz CT molecular complexity index is 885. The molecule has 1 fully saturated rings. The highest BCUT2D eigenvalue weighted by Gasteiger charge is 2.25. The zero-order valence-electron chi connectivity index (χ0n) is 15.9. The van der Waals surface area contributed by atoms with E-state index in [0.29, 0.717) is 37.6 Å². The molecule has 1 aliphatic rings. The van der Waals surface area contributed by atoms with Crippen molar-refractivity contribution >= 4 is 15.9 Å². The standard InChI is InChI=1S/C20H25N3O4S/c1-28(25,26)22-13-17-3-2-12-23(14-17)20(24)18-4-6-19(7-5-18)27-15-16-8-10-21-11-9-16/h4-11,17,22H,2-3,12-15H2,1H3. The van der Waals surface area contributed by atoms with Crippen LogP contribution in [0.15, 0.2) is 48.8 Å². The Hall–Kier alpha value is -2.45. The number of hydrogen-bond donors (Lipinski definition) is 1. The van der Waals surface area contributed by atoms with Crippen LogP contribution in [0.5, 0.6) is 5.75 Å². The van der Waals surface area contributed by atoms with E-state index in [4.69, 9.17) is 4.74 Å². The van der Waals surface area contributed by atoms with Crippen molar-refractivity contribution in [1.82, 2.24) is 14.6 Å². The number of rotatable bonds is 7. The molecule has 1 aromatic heterocycles. The number of benzene rings is 1. The van der Waals surface area contributed by atoms with Gasteiger partial charge in [-0.05, 0) is 60.7 Å².